The molecular formula is C66H48N2. The summed E-state index contributed by atoms with van der Waals surface area (Å²) in [6, 6.07) is 95.4. The van der Waals surface area contributed by atoms with Gasteiger partial charge >= 0.3 is 0 Å². The second-order valence-electron chi connectivity index (χ2n) is 17.0. The third kappa shape index (κ3) is 8.75. The molecule has 0 amide bonds. The van der Waals surface area contributed by atoms with E-state index in [0.717, 1.165) is 56.4 Å². The quantitative estimate of drug-likeness (QED) is 0.0892. The summed E-state index contributed by atoms with van der Waals surface area (Å²) in [6.07, 6.45) is 8.92. The molecule has 0 heterocycles. The van der Waals surface area contributed by atoms with Gasteiger partial charge in [0.1, 0.15) is 0 Å². The molecule has 11 aromatic carbocycles. The molecule has 2 nitrogen and oxygen atoms in total. The maximum Gasteiger partial charge on any atom is 0.0462 e. The zero-order chi connectivity index (χ0) is 45.5. The van der Waals surface area contributed by atoms with E-state index in [4.69, 9.17) is 0 Å². The van der Waals surface area contributed by atoms with Gasteiger partial charge in [-0.05, 0) is 151 Å². The smallest absolute Gasteiger partial charge is 0.0462 e. The summed E-state index contributed by atoms with van der Waals surface area (Å²) in [5, 5.41) is 4.92. The van der Waals surface area contributed by atoms with Crippen molar-refractivity contribution in [1.82, 2.24) is 0 Å². The van der Waals surface area contributed by atoms with Gasteiger partial charge in [-0.1, -0.05) is 206 Å². The number of hydrogen-bond acceptors (Lipinski definition) is 2. The summed E-state index contributed by atoms with van der Waals surface area (Å²) in [4.78, 5) is 4.59. The van der Waals surface area contributed by atoms with Crippen molar-refractivity contribution in [1.29, 1.82) is 0 Å². The molecule has 0 saturated carbocycles. The van der Waals surface area contributed by atoms with E-state index in [2.05, 4.69) is 301 Å². The molecular weight excluding hydrogens is 821 g/mol. The Labute approximate surface area is 399 Å². The van der Waals surface area contributed by atoms with Crippen LogP contribution in [0.15, 0.2) is 267 Å². The van der Waals surface area contributed by atoms with E-state index in [1.807, 2.05) is 0 Å². The van der Waals surface area contributed by atoms with Crippen LogP contribution in [-0.4, -0.2) is 0 Å². The minimum absolute atomic E-state index is 1.11. The predicted octanol–water partition coefficient (Wildman–Crippen LogP) is 18.6. The highest BCUT2D eigenvalue weighted by Gasteiger charge is 2.19. The molecule has 0 radical (unpaired) electrons. The molecule has 0 bridgehead atoms. The first kappa shape index (κ1) is 41.7. The minimum Gasteiger partial charge on any atom is -0.311 e. The molecule has 0 fully saturated rings. The first-order chi connectivity index (χ1) is 33.7. The van der Waals surface area contributed by atoms with Crippen LogP contribution in [0.4, 0.5) is 34.1 Å². The first-order valence-corrected chi connectivity index (χ1v) is 23.2. The Bertz CT molecular complexity index is 3180. The van der Waals surface area contributed by atoms with Gasteiger partial charge in [-0.2, -0.15) is 0 Å². The van der Waals surface area contributed by atoms with Gasteiger partial charge in [-0.15, -0.1) is 0 Å². The Morgan fingerprint density at radius 2 is 0.456 bits per heavy atom. The summed E-state index contributed by atoms with van der Waals surface area (Å²) in [5.74, 6) is 0. The van der Waals surface area contributed by atoms with Crippen LogP contribution < -0.4 is 9.80 Å². The fourth-order valence-corrected chi connectivity index (χ4v) is 9.35. The maximum absolute atomic E-state index is 2.37. The van der Waals surface area contributed by atoms with Crippen LogP contribution >= 0.6 is 0 Å². The van der Waals surface area contributed by atoms with E-state index in [9.17, 15) is 0 Å². The molecule has 0 spiro atoms. The highest BCUT2D eigenvalue weighted by atomic mass is 15.1. The highest BCUT2D eigenvalue weighted by molar-refractivity contribution is 6.22. The maximum atomic E-state index is 2.37. The standard InChI is InChI=1S/C66H48N2/c1-7-19-53(20-8-1)65-63-47-51(33-31-49-35-41-59(42-36-49)67(55-23-11-3-12-24-55)56-25-13-4-14-26-56)39-45-61(63)62-46-40-52(48-64(62)66(65)54-21-9-2-10-22-54)34-32-50-37-43-60(44-38-50)68(57-27-15-5-16-28-57)58-29-17-6-18-30-58/h1-48H. The second kappa shape index (κ2) is 19.2. The van der Waals surface area contributed by atoms with Gasteiger partial charge in [0, 0.05) is 34.1 Å². The van der Waals surface area contributed by atoms with E-state index < -0.39 is 0 Å². The van der Waals surface area contributed by atoms with E-state index in [-0.39, 0.29) is 0 Å². The Morgan fingerprint density at radius 1 is 0.206 bits per heavy atom. The van der Waals surface area contributed by atoms with Crippen molar-refractivity contribution in [3.63, 3.8) is 0 Å². The zero-order valence-electron chi connectivity index (χ0n) is 37.6. The number of anilines is 6. The van der Waals surface area contributed by atoms with Gasteiger partial charge in [-0.3, -0.25) is 0 Å². The lowest BCUT2D eigenvalue weighted by Crippen LogP contribution is -2.09. The molecule has 0 atom stereocenters. The lowest BCUT2D eigenvalue weighted by atomic mass is 9.84. The molecule has 0 aromatic heterocycles. The fourth-order valence-electron chi connectivity index (χ4n) is 9.35. The van der Waals surface area contributed by atoms with E-state index >= 15 is 0 Å². The van der Waals surface area contributed by atoms with Gasteiger partial charge in [-0.25, -0.2) is 0 Å². The number of para-hydroxylation sites is 4. The summed E-state index contributed by atoms with van der Waals surface area (Å²) in [5.41, 5.74) is 16.1. The Morgan fingerprint density at radius 3 is 0.765 bits per heavy atom. The number of hydrogen-bond donors (Lipinski definition) is 0. The van der Waals surface area contributed by atoms with Crippen molar-refractivity contribution in [2.75, 3.05) is 9.80 Å². The Hall–Kier alpha value is -8.98. The molecule has 2 heteroatoms. The summed E-state index contributed by atoms with van der Waals surface area (Å²) in [7, 11) is 0. The monoisotopic (exact) mass is 868 g/mol. The first-order valence-electron chi connectivity index (χ1n) is 23.2. The number of nitrogens with zero attached hydrogens (tertiary/aromatic N) is 2. The van der Waals surface area contributed by atoms with Gasteiger partial charge in [0.15, 0.2) is 0 Å². The average molecular weight is 869 g/mol. The van der Waals surface area contributed by atoms with Crippen LogP contribution in [0, 0.1) is 0 Å². The van der Waals surface area contributed by atoms with E-state index in [1.165, 1.54) is 43.8 Å². The van der Waals surface area contributed by atoms with Crippen molar-refractivity contribution in [3.8, 4) is 22.3 Å². The van der Waals surface area contributed by atoms with Gasteiger partial charge < -0.3 is 9.80 Å². The SMILES string of the molecule is C(=Cc1ccc2c(c1)c(-c1ccccc1)c(-c1ccccc1)c1cc(C=Cc3ccc(N(c4ccccc4)c4ccccc4)cc3)ccc12)c1ccc(N(c2ccccc2)c2ccccc2)cc1. The summed E-state index contributed by atoms with van der Waals surface area (Å²) in [6.45, 7) is 0. The third-order valence-corrected chi connectivity index (χ3v) is 12.6. The van der Waals surface area contributed by atoms with Gasteiger partial charge in [0.2, 0.25) is 0 Å². The largest absolute Gasteiger partial charge is 0.311 e. The minimum atomic E-state index is 1.11. The number of fused-ring (bicyclic) bond motifs is 3. The van der Waals surface area contributed by atoms with Crippen LogP contribution in [-0.2, 0) is 0 Å². The molecule has 0 aliphatic heterocycles. The molecule has 0 aliphatic rings. The highest BCUT2D eigenvalue weighted by Crippen LogP contribution is 2.45. The zero-order valence-corrected chi connectivity index (χ0v) is 37.6. The molecule has 322 valence electrons. The Balaban J connectivity index is 0.957. The van der Waals surface area contributed by atoms with Crippen LogP contribution in [0.3, 0.4) is 0 Å². The fraction of sp³-hybridized carbons (Fsp3) is 0. The van der Waals surface area contributed by atoms with Crippen LogP contribution in [0.2, 0.25) is 0 Å². The summed E-state index contributed by atoms with van der Waals surface area (Å²) < 4.78 is 0. The third-order valence-electron chi connectivity index (χ3n) is 12.6. The lowest BCUT2D eigenvalue weighted by Gasteiger charge is -2.25. The van der Waals surface area contributed by atoms with Crippen molar-refractivity contribution >= 4 is 80.0 Å². The molecule has 0 aliphatic carbocycles. The van der Waals surface area contributed by atoms with Crippen molar-refractivity contribution in [2.45, 2.75) is 0 Å². The van der Waals surface area contributed by atoms with Crippen molar-refractivity contribution < 1.29 is 0 Å². The van der Waals surface area contributed by atoms with Gasteiger partial charge in [0.25, 0.3) is 0 Å². The van der Waals surface area contributed by atoms with Gasteiger partial charge in [0.05, 0.1) is 0 Å². The average Bonchev–Trinajstić information content (AvgIpc) is 3.42. The molecule has 0 saturated heterocycles. The van der Waals surface area contributed by atoms with Crippen molar-refractivity contribution in [3.05, 3.63) is 289 Å². The summed E-state index contributed by atoms with van der Waals surface area (Å²) >= 11 is 0. The molecule has 11 rings (SSSR count). The van der Waals surface area contributed by atoms with E-state index in [1.54, 1.807) is 0 Å². The lowest BCUT2D eigenvalue weighted by molar-refractivity contribution is 1.28. The number of rotatable bonds is 12. The second-order valence-corrected chi connectivity index (χ2v) is 17.0. The molecule has 0 unspecified atom stereocenters. The van der Waals surface area contributed by atoms with E-state index in [0.29, 0.717) is 0 Å². The van der Waals surface area contributed by atoms with Crippen molar-refractivity contribution in [2.24, 2.45) is 0 Å². The van der Waals surface area contributed by atoms with Crippen LogP contribution in [0.5, 0.6) is 0 Å². The topological polar surface area (TPSA) is 6.48 Å². The predicted molar refractivity (Wildman–Crippen MR) is 292 cm³/mol. The number of benzene rings is 11. The molecule has 11 aromatic rings. The molecule has 0 N–H and O–H groups in total. The normalized spacial score (nSPS) is 11.4. The van der Waals surface area contributed by atoms with Crippen LogP contribution in [0.25, 0.3) is 68.1 Å². The molecule has 68 heavy (non-hydrogen) atoms. The van der Waals surface area contributed by atoms with Crippen LogP contribution in [0.1, 0.15) is 22.3 Å². The Kier molecular flexibility index (Phi) is 11.8.